The molecule has 0 aliphatic rings. The van der Waals surface area contributed by atoms with E-state index in [1.54, 1.807) is 11.3 Å². The molecule has 0 spiro atoms. The maximum Gasteiger partial charge on any atom is 0.0983 e. The summed E-state index contributed by atoms with van der Waals surface area (Å²) in [5.41, 5.74) is 2.04. The molecule has 0 aromatic carbocycles. The molecule has 0 aliphatic carbocycles. The van der Waals surface area contributed by atoms with Crippen molar-refractivity contribution in [2.45, 2.75) is 13.2 Å². The Hall–Kier alpha value is -0.100. The lowest BCUT2D eigenvalue weighted by Crippen LogP contribution is -2.09. The average Bonchev–Trinajstić information content (AvgIpc) is 2.89. The highest BCUT2D eigenvalue weighted by atomic mass is 35.5. The summed E-state index contributed by atoms with van der Waals surface area (Å²) in [6.07, 6.45) is 0. The van der Waals surface area contributed by atoms with Gasteiger partial charge in [0.15, 0.2) is 0 Å². The molecular weight excluding hydrogens is 309 g/mol. The second kappa shape index (κ2) is 8.15. The zero-order valence-corrected chi connectivity index (χ0v) is 13.3. The van der Waals surface area contributed by atoms with Gasteiger partial charge in [0.1, 0.15) is 0 Å². The number of thiophene rings is 2. The van der Waals surface area contributed by atoms with Crippen LogP contribution in [0.3, 0.4) is 0 Å². The lowest BCUT2D eigenvalue weighted by atomic mass is 10.3. The third kappa shape index (κ3) is 5.26. The van der Waals surface area contributed by atoms with Crippen LogP contribution in [0, 0.1) is 0 Å². The monoisotopic (exact) mass is 323 g/mol. The molecule has 6 heteroatoms. The molecule has 0 radical (unpaired) electrons. The number of nitrogens with zero attached hydrogens (tertiary/aromatic N) is 1. The Morgan fingerprint density at radius 2 is 1.56 bits per heavy atom. The number of hydrogen-bond donors (Lipinski definition) is 1. The van der Waals surface area contributed by atoms with E-state index in [4.69, 9.17) is 28.3 Å². The fourth-order valence-electron chi connectivity index (χ4n) is 1.20. The molecular formula is C12H15Cl2NOS2. The summed E-state index contributed by atoms with van der Waals surface area (Å²) in [7, 11) is 4.07. The van der Waals surface area contributed by atoms with Gasteiger partial charge in [-0.25, -0.2) is 0 Å². The van der Waals surface area contributed by atoms with E-state index in [0.29, 0.717) is 4.34 Å². The molecule has 0 fully saturated rings. The maximum atomic E-state index is 8.53. The van der Waals surface area contributed by atoms with E-state index in [2.05, 4.69) is 11.0 Å². The van der Waals surface area contributed by atoms with Crippen molar-refractivity contribution in [3.63, 3.8) is 0 Å². The van der Waals surface area contributed by atoms with Crippen molar-refractivity contribution in [3.05, 3.63) is 42.7 Å². The van der Waals surface area contributed by atoms with Gasteiger partial charge in [0.05, 0.1) is 15.3 Å². The van der Waals surface area contributed by atoms with Gasteiger partial charge in [-0.15, -0.1) is 22.7 Å². The first-order chi connectivity index (χ1) is 8.54. The first kappa shape index (κ1) is 16.0. The summed E-state index contributed by atoms with van der Waals surface area (Å²) < 4.78 is 1.60. The summed E-state index contributed by atoms with van der Waals surface area (Å²) in [5, 5.41) is 12.4. The lowest BCUT2D eigenvalue weighted by Gasteiger charge is -2.07. The Morgan fingerprint density at radius 3 is 1.83 bits per heavy atom. The first-order valence-corrected chi connectivity index (χ1v) is 7.75. The molecule has 2 nitrogen and oxygen atoms in total. The van der Waals surface area contributed by atoms with Crippen molar-refractivity contribution in [2.24, 2.45) is 0 Å². The topological polar surface area (TPSA) is 23.5 Å². The Bertz CT molecular complexity index is 468. The quantitative estimate of drug-likeness (QED) is 0.907. The van der Waals surface area contributed by atoms with Crippen LogP contribution in [0.5, 0.6) is 0 Å². The third-order valence-corrected chi connectivity index (χ3v) is 4.55. The van der Waals surface area contributed by atoms with Gasteiger partial charge < -0.3 is 10.0 Å². The fourth-order valence-corrected chi connectivity index (χ4v) is 3.03. The Labute approximate surface area is 125 Å². The number of rotatable bonds is 3. The van der Waals surface area contributed by atoms with E-state index in [-0.39, 0.29) is 6.61 Å². The van der Waals surface area contributed by atoms with Gasteiger partial charge in [-0.2, -0.15) is 0 Å². The van der Waals surface area contributed by atoms with Crippen LogP contribution in [0.25, 0.3) is 0 Å². The van der Waals surface area contributed by atoms with Crippen LogP contribution in [0.15, 0.2) is 22.9 Å². The lowest BCUT2D eigenvalue weighted by molar-refractivity contribution is 0.282. The molecule has 0 aliphatic heterocycles. The highest BCUT2D eigenvalue weighted by molar-refractivity contribution is 7.14. The van der Waals surface area contributed by atoms with Gasteiger partial charge in [0, 0.05) is 12.1 Å². The fraction of sp³-hybridized carbons (Fsp3) is 0.333. The van der Waals surface area contributed by atoms with Crippen molar-refractivity contribution in [1.29, 1.82) is 0 Å². The molecule has 2 aromatic heterocycles. The minimum Gasteiger partial charge on any atom is -0.392 e. The molecule has 2 aromatic rings. The van der Waals surface area contributed by atoms with E-state index < -0.39 is 0 Å². The zero-order chi connectivity index (χ0) is 13.5. The van der Waals surface area contributed by atoms with E-state index in [1.807, 2.05) is 30.9 Å². The van der Waals surface area contributed by atoms with Crippen molar-refractivity contribution in [1.82, 2.24) is 4.90 Å². The molecule has 2 heterocycles. The normalized spacial score (nSPS) is 10.3. The smallest absolute Gasteiger partial charge is 0.0983 e. The van der Waals surface area contributed by atoms with E-state index in [0.717, 1.165) is 16.4 Å². The molecule has 0 unspecified atom stereocenters. The summed E-state index contributed by atoms with van der Waals surface area (Å²) in [4.78, 5) is 2.11. The Kier molecular flexibility index (Phi) is 7.22. The van der Waals surface area contributed by atoms with Crippen molar-refractivity contribution < 1.29 is 5.11 Å². The second-order valence-corrected chi connectivity index (χ2v) is 6.87. The Morgan fingerprint density at radius 1 is 1.06 bits per heavy atom. The molecule has 0 atom stereocenters. The van der Waals surface area contributed by atoms with Crippen LogP contribution in [-0.2, 0) is 13.2 Å². The van der Waals surface area contributed by atoms with Gasteiger partial charge in [0.2, 0.25) is 0 Å². The average molecular weight is 324 g/mol. The molecule has 0 amide bonds. The van der Waals surface area contributed by atoms with Gasteiger partial charge in [-0.3, -0.25) is 0 Å². The molecule has 0 saturated carbocycles. The number of aliphatic hydroxyl groups excluding tert-OH is 1. The largest absolute Gasteiger partial charge is 0.392 e. The maximum absolute atomic E-state index is 8.53. The Balaban J connectivity index is 0.000000184. The zero-order valence-electron chi connectivity index (χ0n) is 10.2. The predicted octanol–water partition coefficient (Wildman–Crippen LogP) is 4.36. The van der Waals surface area contributed by atoms with Crippen LogP contribution in [0.4, 0.5) is 0 Å². The van der Waals surface area contributed by atoms with E-state index in [1.165, 1.54) is 16.9 Å². The summed E-state index contributed by atoms with van der Waals surface area (Å²) in [5.74, 6) is 0. The summed E-state index contributed by atoms with van der Waals surface area (Å²) in [6, 6.07) is 3.88. The van der Waals surface area contributed by atoms with Crippen molar-refractivity contribution in [3.8, 4) is 0 Å². The van der Waals surface area contributed by atoms with Gasteiger partial charge in [-0.05, 0) is 42.6 Å². The number of hydrogen-bond acceptors (Lipinski definition) is 4. The molecule has 100 valence electrons. The molecule has 1 N–H and O–H groups in total. The van der Waals surface area contributed by atoms with E-state index in [9.17, 15) is 0 Å². The van der Waals surface area contributed by atoms with Gasteiger partial charge in [0.25, 0.3) is 0 Å². The standard InChI is InChI=1S/C7H10ClNS.C5H5ClOS/c1-9(2)5-6-3-4-10-7(6)8;6-5-4(3-7)1-2-8-5/h3-4H,5H2,1-2H3;1-2,7H,3H2. The number of aliphatic hydroxyl groups is 1. The number of halogens is 2. The molecule has 0 bridgehead atoms. The minimum atomic E-state index is 0.0440. The first-order valence-electron chi connectivity index (χ1n) is 5.24. The minimum absolute atomic E-state index is 0.0440. The van der Waals surface area contributed by atoms with Crippen LogP contribution in [0.2, 0.25) is 8.67 Å². The highest BCUT2D eigenvalue weighted by Crippen LogP contribution is 2.23. The second-order valence-electron chi connectivity index (χ2n) is 3.83. The van der Waals surface area contributed by atoms with Crippen LogP contribution < -0.4 is 0 Å². The SMILES string of the molecule is CN(C)Cc1ccsc1Cl.OCc1ccsc1Cl. The van der Waals surface area contributed by atoms with Crippen LogP contribution >= 0.6 is 45.9 Å². The van der Waals surface area contributed by atoms with Crippen LogP contribution in [0.1, 0.15) is 11.1 Å². The third-order valence-electron chi connectivity index (χ3n) is 2.04. The van der Waals surface area contributed by atoms with Crippen LogP contribution in [-0.4, -0.2) is 24.1 Å². The summed E-state index contributed by atoms with van der Waals surface area (Å²) >= 11 is 14.5. The van der Waals surface area contributed by atoms with Gasteiger partial charge in [-0.1, -0.05) is 23.2 Å². The van der Waals surface area contributed by atoms with Crippen molar-refractivity contribution in [2.75, 3.05) is 14.1 Å². The molecule has 18 heavy (non-hydrogen) atoms. The predicted molar refractivity (Wildman–Crippen MR) is 82.0 cm³/mol. The van der Waals surface area contributed by atoms with E-state index >= 15 is 0 Å². The molecule has 0 saturated heterocycles. The summed E-state index contributed by atoms with van der Waals surface area (Å²) in [6.45, 7) is 0.977. The van der Waals surface area contributed by atoms with Crippen molar-refractivity contribution >= 4 is 45.9 Å². The van der Waals surface area contributed by atoms with Gasteiger partial charge >= 0.3 is 0 Å². The highest BCUT2D eigenvalue weighted by Gasteiger charge is 2.00. The molecule has 2 rings (SSSR count).